The van der Waals surface area contributed by atoms with Gasteiger partial charge in [-0.05, 0) is 24.1 Å². The topological polar surface area (TPSA) is 27.7 Å². The van der Waals surface area contributed by atoms with Crippen molar-refractivity contribution in [1.29, 1.82) is 0 Å². The first-order valence-corrected chi connectivity index (χ1v) is 7.37. The maximum atomic E-state index is 6.62. The van der Waals surface area contributed by atoms with E-state index in [1.165, 1.54) is 0 Å². The van der Waals surface area contributed by atoms with E-state index in [-0.39, 0.29) is 5.38 Å². The molecular weight excluding hydrogens is 288 g/mol. The number of benzene rings is 2. The van der Waals surface area contributed by atoms with Gasteiger partial charge in [-0.25, -0.2) is 0 Å². The number of alkyl halides is 1. The van der Waals surface area contributed by atoms with Crippen molar-refractivity contribution in [1.82, 2.24) is 0 Å². The number of ether oxygens (including phenoxy) is 3. The number of rotatable bonds is 4. The third-order valence-corrected chi connectivity index (χ3v) is 3.92. The molecule has 0 spiro atoms. The van der Waals surface area contributed by atoms with Crippen LogP contribution in [0, 0.1) is 0 Å². The Bertz CT molecular complexity index is 627. The van der Waals surface area contributed by atoms with Gasteiger partial charge in [0.15, 0.2) is 11.5 Å². The van der Waals surface area contributed by atoms with E-state index in [4.69, 9.17) is 25.8 Å². The Labute approximate surface area is 129 Å². The molecule has 1 unspecified atom stereocenters. The SMILES string of the molecule is COc1ccccc1CC(Cl)c1cccc2c1OCCO2. The Balaban J connectivity index is 1.87. The van der Waals surface area contributed by atoms with Crippen LogP contribution in [0.1, 0.15) is 16.5 Å². The Hall–Kier alpha value is -1.87. The molecule has 0 bridgehead atoms. The van der Waals surface area contributed by atoms with Gasteiger partial charge in [0, 0.05) is 5.56 Å². The van der Waals surface area contributed by atoms with Crippen molar-refractivity contribution in [2.75, 3.05) is 20.3 Å². The molecule has 1 atom stereocenters. The lowest BCUT2D eigenvalue weighted by molar-refractivity contribution is 0.170. The molecule has 3 nitrogen and oxygen atoms in total. The molecule has 110 valence electrons. The minimum absolute atomic E-state index is 0.196. The molecule has 0 aliphatic carbocycles. The summed E-state index contributed by atoms with van der Waals surface area (Å²) in [6.45, 7) is 1.14. The number of methoxy groups -OCH3 is 1. The zero-order chi connectivity index (χ0) is 14.7. The Morgan fingerprint density at radius 2 is 1.90 bits per heavy atom. The van der Waals surface area contributed by atoms with Gasteiger partial charge in [0.2, 0.25) is 0 Å². The third kappa shape index (κ3) is 2.93. The highest BCUT2D eigenvalue weighted by Gasteiger charge is 2.21. The van der Waals surface area contributed by atoms with Gasteiger partial charge < -0.3 is 14.2 Å². The van der Waals surface area contributed by atoms with E-state index in [1.54, 1.807) is 7.11 Å². The standard InChI is InChI=1S/C17H17ClO3/c1-19-15-7-3-2-5-12(15)11-14(18)13-6-4-8-16-17(13)21-10-9-20-16/h2-8,14H,9-11H2,1H3. The highest BCUT2D eigenvalue weighted by molar-refractivity contribution is 6.21. The molecule has 0 radical (unpaired) electrons. The van der Waals surface area contributed by atoms with Gasteiger partial charge in [0.05, 0.1) is 12.5 Å². The van der Waals surface area contributed by atoms with Crippen molar-refractivity contribution >= 4 is 11.6 Å². The van der Waals surface area contributed by atoms with Gasteiger partial charge in [-0.15, -0.1) is 11.6 Å². The lowest BCUT2D eigenvalue weighted by Gasteiger charge is -2.23. The van der Waals surface area contributed by atoms with Crippen LogP contribution in [0.15, 0.2) is 42.5 Å². The molecule has 1 aliphatic rings. The van der Waals surface area contributed by atoms with Crippen LogP contribution in [-0.2, 0) is 6.42 Å². The van der Waals surface area contributed by atoms with Crippen LogP contribution in [-0.4, -0.2) is 20.3 Å². The van der Waals surface area contributed by atoms with Crippen molar-refractivity contribution < 1.29 is 14.2 Å². The molecule has 2 aromatic rings. The van der Waals surface area contributed by atoms with Crippen molar-refractivity contribution in [2.24, 2.45) is 0 Å². The van der Waals surface area contributed by atoms with Crippen LogP contribution >= 0.6 is 11.6 Å². The average molecular weight is 305 g/mol. The van der Waals surface area contributed by atoms with Crippen LogP contribution in [0.3, 0.4) is 0 Å². The minimum atomic E-state index is -0.196. The Kier molecular flexibility index (Phi) is 4.20. The third-order valence-electron chi connectivity index (χ3n) is 3.53. The van der Waals surface area contributed by atoms with E-state index in [2.05, 4.69) is 0 Å². The first-order chi connectivity index (χ1) is 10.3. The fraction of sp³-hybridized carbons (Fsp3) is 0.294. The number of hydrogen-bond acceptors (Lipinski definition) is 3. The quantitative estimate of drug-likeness (QED) is 0.799. The highest BCUT2D eigenvalue weighted by atomic mass is 35.5. The summed E-state index contributed by atoms with van der Waals surface area (Å²) in [6.07, 6.45) is 0.672. The van der Waals surface area contributed by atoms with Crippen molar-refractivity contribution in [3.8, 4) is 17.2 Å². The Morgan fingerprint density at radius 1 is 1.10 bits per heavy atom. The summed E-state index contributed by atoms with van der Waals surface area (Å²) in [5, 5.41) is -0.196. The molecule has 0 aromatic heterocycles. The van der Waals surface area contributed by atoms with Gasteiger partial charge in [-0.2, -0.15) is 0 Å². The average Bonchev–Trinajstić information content (AvgIpc) is 2.54. The summed E-state index contributed by atoms with van der Waals surface area (Å²) < 4.78 is 16.7. The van der Waals surface area contributed by atoms with Crippen LogP contribution < -0.4 is 14.2 Å². The highest BCUT2D eigenvalue weighted by Crippen LogP contribution is 2.41. The first kappa shape index (κ1) is 14.1. The van der Waals surface area contributed by atoms with Crippen molar-refractivity contribution in [3.05, 3.63) is 53.6 Å². The molecule has 0 fully saturated rings. The minimum Gasteiger partial charge on any atom is -0.496 e. The number of para-hydroxylation sites is 2. The summed E-state index contributed by atoms with van der Waals surface area (Å²) in [6, 6.07) is 13.8. The molecule has 0 N–H and O–H groups in total. The van der Waals surface area contributed by atoms with E-state index in [0.29, 0.717) is 19.6 Å². The van der Waals surface area contributed by atoms with Crippen molar-refractivity contribution in [2.45, 2.75) is 11.8 Å². The second-order valence-electron chi connectivity index (χ2n) is 4.85. The number of halogens is 1. The second kappa shape index (κ2) is 6.27. The molecule has 4 heteroatoms. The molecule has 0 saturated carbocycles. The zero-order valence-corrected chi connectivity index (χ0v) is 12.6. The Morgan fingerprint density at radius 3 is 2.76 bits per heavy atom. The largest absolute Gasteiger partial charge is 0.496 e. The fourth-order valence-electron chi connectivity index (χ4n) is 2.52. The fourth-order valence-corrected chi connectivity index (χ4v) is 2.86. The van der Waals surface area contributed by atoms with Gasteiger partial charge in [0.25, 0.3) is 0 Å². The molecule has 0 amide bonds. The van der Waals surface area contributed by atoms with E-state index in [1.807, 2.05) is 42.5 Å². The van der Waals surface area contributed by atoms with Gasteiger partial charge in [0.1, 0.15) is 19.0 Å². The predicted octanol–water partition coefficient (Wildman–Crippen LogP) is 3.99. The summed E-state index contributed by atoms with van der Waals surface area (Å²) in [4.78, 5) is 0. The molecule has 0 saturated heterocycles. The molecule has 1 aliphatic heterocycles. The van der Waals surface area contributed by atoms with Crippen LogP contribution in [0.2, 0.25) is 0 Å². The predicted molar refractivity (Wildman–Crippen MR) is 82.7 cm³/mol. The molecule has 2 aromatic carbocycles. The maximum absolute atomic E-state index is 6.62. The van der Waals surface area contributed by atoms with Crippen LogP contribution in [0.25, 0.3) is 0 Å². The van der Waals surface area contributed by atoms with Crippen molar-refractivity contribution in [3.63, 3.8) is 0 Å². The number of hydrogen-bond donors (Lipinski definition) is 0. The van der Waals surface area contributed by atoms with E-state index < -0.39 is 0 Å². The smallest absolute Gasteiger partial charge is 0.166 e. The molecular formula is C17H17ClO3. The lowest BCUT2D eigenvalue weighted by Crippen LogP contribution is -2.17. The maximum Gasteiger partial charge on any atom is 0.166 e. The summed E-state index contributed by atoms with van der Waals surface area (Å²) in [7, 11) is 1.67. The van der Waals surface area contributed by atoms with E-state index >= 15 is 0 Å². The summed E-state index contributed by atoms with van der Waals surface area (Å²) in [5.74, 6) is 2.38. The van der Waals surface area contributed by atoms with E-state index in [0.717, 1.165) is 28.4 Å². The first-order valence-electron chi connectivity index (χ1n) is 6.94. The normalized spacial score (nSPS) is 14.6. The van der Waals surface area contributed by atoms with Gasteiger partial charge in [-0.1, -0.05) is 30.3 Å². The van der Waals surface area contributed by atoms with Gasteiger partial charge >= 0.3 is 0 Å². The van der Waals surface area contributed by atoms with E-state index in [9.17, 15) is 0 Å². The molecule has 1 heterocycles. The monoisotopic (exact) mass is 304 g/mol. The van der Waals surface area contributed by atoms with Crippen LogP contribution in [0.5, 0.6) is 17.2 Å². The summed E-state index contributed by atoms with van der Waals surface area (Å²) in [5.41, 5.74) is 2.04. The molecule has 21 heavy (non-hydrogen) atoms. The second-order valence-corrected chi connectivity index (χ2v) is 5.38. The number of fused-ring (bicyclic) bond motifs is 1. The van der Waals surface area contributed by atoms with Crippen LogP contribution in [0.4, 0.5) is 0 Å². The zero-order valence-electron chi connectivity index (χ0n) is 11.8. The lowest BCUT2D eigenvalue weighted by atomic mass is 10.0. The molecule has 3 rings (SSSR count). The summed E-state index contributed by atoms with van der Waals surface area (Å²) >= 11 is 6.62. The van der Waals surface area contributed by atoms with Gasteiger partial charge in [-0.3, -0.25) is 0 Å².